The molecule has 9 heteroatoms. The number of hydrogen-bond acceptors (Lipinski definition) is 5. The molecule has 0 radical (unpaired) electrons. The van der Waals surface area contributed by atoms with Crippen molar-refractivity contribution < 1.29 is 24.2 Å². The summed E-state index contributed by atoms with van der Waals surface area (Å²) in [4.78, 5) is 38.9. The summed E-state index contributed by atoms with van der Waals surface area (Å²) in [5.74, 6) is -1.45. The molecular weight excluding hydrogens is 380 g/mol. The Morgan fingerprint density at radius 3 is 2.96 bits per heavy atom. The van der Waals surface area contributed by atoms with Gasteiger partial charge in [0.25, 0.3) is 0 Å². The summed E-state index contributed by atoms with van der Waals surface area (Å²) in [7, 11) is 1.45. The molecule has 1 aromatic rings. The Morgan fingerprint density at radius 2 is 2.27 bits per heavy atom. The van der Waals surface area contributed by atoms with E-state index in [0.717, 1.165) is 4.90 Å². The first-order valence-electron chi connectivity index (χ1n) is 8.12. The average molecular weight is 399 g/mol. The van der Waals surface area contributed by atoms with Gasteiger partial charge in [-0.05, 0) is 24.6 Å². The zero-order valence-electron chi connectivity index (χ0n) is 14.2. The van der Waals surface area contributed by atoms with E-state index in [-0.39, 0.29) is 31.4 Å². The number of rotatable bonds is 5. The lowest BCUT2D eigenvalue weighted by molar-refractivity contribution is -0.151. The Labute approximate surface area is 160 Å². The van der Waals surface area contributed by atoms with Gasteiger partial charge in [-0.15, -0.1) is 11.8 Å². The fourth-order valence-corrected chi connectivity index (χ4v) is 4.51. The van der Waals surface area contributed by atoms with Crippen LogP contribution in [0.4, 0.5) is 5.69 Å². The van der Waals surface area contributed by atoms with Crippen LogP contribution in [-0.2, 0) is 19.1 Å². The second-order valence-electron chi connectivity index (χ2n) is 6.52. The van der Waals surface area contributed by atoms with Gasteiger partial charge in [0.05, 0.1) is 17.5 Å². The second-order valence-corrected chi connectivity index (χ2v) is 8.21. The molecule has 0 bridgehead atoms. The SMILES string of the molecule is COCC1(C(=O)O)CCN(C(=O)CC2Sc3ccc(Cl)cc3NC2=O)C1. The smallest absolute Gasteiger partial charge is 0.313 e. The van der Waals surface area contributed by atoms with E-state index in [1.165, 1.54) is 23.8 Å². The quantitative estimate of drug-likeness (QED) is 0.788. The number of nitrogens with one attached hydrogen (secondary N) is 1. The van der Waals surface area contributed by atoms with Crippen LogP contribution in [0.25, 0.3) is 0 Å². The maximum Gasteiger partial charge on any atom is 0.313 e. The van der Waals surface area contributed by atoms with Crippen LogP contribution in [0.1, 0.15) is 12.8 Å². The predicted molar refractivity (Wildman–Crippen MR) is 97.5 cm³/mol. The molecule has 2 unspecified atom stereocenters. The normalized spacial score (nSPS) is 24.9. The topological polar surface area (TPSA) is 95.9 Å². The molecule has 2 heterocycles. The molecular formula is C17H19ClN2O5S. The highest BCUT2D eigenvalue weighted by Gasteiger charge is 2.46. The summed E-state index contributed by atoms with van der Waals surface area (Å²) in [5, 5.41) is 12.2. The summed E-state index contributed by atoms with van der Waals surface area (Å²) in [6.07, 6.45) is 0.356. The van der Waals surface area contributed by atoms with Gasteiger partial charge < -0.3 is 20.1 Å². The standard InChI is InChI=1S/C17H19ClN2O5S/c1-25-9-17(16(23)24)4-5-20(8-17)14(21)7-13-15(22)19-11-6-10(18)2-3-12(11)26-13/h2-3,6,13H,4-5,7-9H2,1H3,(H,19,22)(H,23,24). The minimum absolute atomic E-state index is 0.0151. The van der Waals surface area contributed by atoms with Crippen molar-refractivity contribution in [1.29, 1.82) is 0 Å². The van der Waals surface area contributed by atoms with Gasteiger partial charge in [-0.25, -0.2) is 0 Å². The summed E-state index contributed by atoms with van der Waals surface area (Å²) in [6, 6.07) is 5.21. The van der Waals surface area contributed by atoms with Crippen molar-refractivity contribution in [2.45, 2.75) is 23.0 Å². The Kier molecular flexibility index (Phi) is 5.45. The van der Waals surface area contributed by atoms with Crippen LogP contribution in [0.2, 0.25) is 5.02 Å². The molecule has 0 aliphatic carbocycles. The number of nitrogens with zero attached hydrogens (tertiary/aromatic N) is 1. The number of ether oxygens (including phenoxy) is 1. The van der Waals surface area contributed by atoms with Gasteiger partial charge in [0.1, 0.15) is 5.41 Å². The summed E-state index contributed by atoms with van der Waals surface area (Å²) >= 11 is 7.25. The zero-order chi connectivity index (χ0) is 18.9. The molecule has 26 heavy (non-hydrogen) atoms. The maximum absolute atomic E-state index is 12.6. The van der Waals surface area contributed by atoms with Crippen LogP contribution in [-0.4, -0.2) is 59.8 Å². The van der Waals surface area contributed by atoms with E-state index in [1.54, 1.807) is 12.1 Å². The van der Waals surface area contributed by atoms with Gasteiger partial charge in [-0.3, -0.25) is 14.4 Å². The van der Waals surface area contributed by atoms with E-state index in [0.29, 0.717) is 23.7 Å². The molecule has 2 aliphatic heterocycles. The number of thioether (sulfide) groups is 1. The molecule has 1 saturated heterocycles. The Bertz CT molecular complexity index is 759. The lowest BCUT2D eigenvalue weighted by atomic mass is 9.88. The number of carboxylic acids is 1. The zero-order valence-corrected chi connectivity index (χ0v) is 15.7. The fourth-order valence-electron chi connectivity index (χ4n) is 3.26. The third-order valence-electron chi connectivity index (χ3n) is 4.70. The number of carbonyl (C=O) groups excluding carboxylic acids is 2. The van der Waals surface area contributed by atoms with E-state index in [4.69, 9.17) is 16.3 Å². The number of methoxy groups -OCH3 is 1. The summed E-state index contributed by atoms with van der Waals surface area (Å²) < 4.78 is 5.04. The molecule has 0 aromatic heterocycles. The molecule has 3 rings (SSSR count). The number of carboxylic acid groups (broad SMARTS) is 1. The number of carbonyl (C=O) groups is 3. The number of fused-ring (bicyclic) bond motifs is 1. The molecule has 7 nitrogen and oxygen atoms in total. The monoisotopic (exact) mass is 398 g/mol. The van der Waals surface area contributed by atoms with Crippen LogP contribution < -0.4 is 5.32 Å². The van der Waals surface area contributed by atoms with Crippen LogP contribution in [0.3, 0.4) is 0 Å². The van der Waals surface area contributed by atoms with Crippen LogP contribution >= 0.6 is 23.4 Å². The number of aliphatic carboxylic acids is 1. The Morgan fingerprint density at radius 1 is 1.50 bits per heavy atom. The van der Waals surface area contributed by atoms with E-state index in [9.17, 15) is 19.5 Å². The Hall–Kier alpha value is -1.77. The fraction of sp³-hybridized carbons (Fsp3) is 0.471. The minimum Gasteiger partial charge on any atom is -0.481 e. The molecule has 0 spiro atoms. The van der Waals surface area contributed by atoms with Gasteiger partial charge >= 0.3 is 5.97 Å². The van der Waals surface area contributed by atoms with Gasteiger partial charge in [-0.2, -0.15) is 0 Å². The molecule has 2 amide bonds. The Balaban J connectivity index is 1.66. The molecule has 0 saturated carbocycles. The highest BCUT2D eigenvalue weighted by molar-refractivity contribution is 8.01. The van der Waals surface area contributed by atoms with E-state index >= 15 is 0 Å². The first kappa shape index (κ1) is 19.0. The lowest BCUT2D eigenvalue weighted by Gasteiger charge is -2.27. The predicted octanol–water partition coefficient (Wildman–Crippen LogP) is 2.09. The molecule has 140 valence electrons. The first-order chi connectivity index (χ1) is 12.3. The summed E-state index contributed by atoms with van der Waals surface area (Å²) in [6.45, 7) is 0.499. The third-order valence-corrected chi connectivity index (χ3v) is 6.21. The van der Waals surface area contributed by atoms with Crippen LogP contribution in [0, 0.1) is 5.41 Å². The van der Waals surface area contributed by atoms with Gasteiger partial charge in [0, 0.05) is 36.5 Å². The third kappa shape index (κ3) is 3.67. The number of benzene rings is 1. The summed E-state index contributed by atoms with van der Waals surface area (Å²) in [5.41, 5.74) is -0.433. The van der Waals surface area contributed by atoms with Gasteiger partial charge in [-0.1, -0.05) is 11.6 Å². The van der Waals surface area contributed by atoms with Crippen LogP contribution in [0.5, 0.6) is 0 Å². The largest absolute Gasteiger partial charge is 0.481 e. The number of amides is 2. The maximum atomic E-state index is 12.6. The minimum atomic E-state index is -1.07. The van der Waals surface area contributed by atoms with Crippen LogP contribution in [0.15, 0.2) is 23.1 Å². The highest BCUT2D eigenvalue weighted by atomic mass is 35.5. The van der Waals surface area contributed by atoms with Crippen molar-refractivity contribution >= 4 is 46.8 Å². The average Bonchev–Trinajstić information content (AvgIpc) is 3.02. The van der Waals surface area contributed by atoms with E-state index in [1.807, 2.05) is 6.07 Å². The number of hydrogen-bond donors (Lipinski definition) is 2. The number of likely N-dealkylation sites (tertiary alicyclic amines) is 1. The van der Waals surface area contributed by atoms with Crippen molar-refractivity contribution in [2.24, 2.45) is 5.41 Å². The first-order valence-corrected chi connectivity index (χ1v) is 9.37. The van der Waals surface area contributed by atoms with Crippen molar-refractivity contribution in [3.05, 3.63) is 23.2 Å². The lowest BCUT2D eigenvalue weighted by Crippen LogP contribution is -2.41. The van der Waals surface area contributed by atoms with Gasteiger partial charge in [0.15, 0.2) is 0 Å². The molecule has 1 fully saturated rings. The van der Waals surface area contributed by atoms with E-state index in [2.05, 4.69) is 5.32 Å². The molecule has 2 aliphatic rings. The number of halogens is 1. The van der Waals surface area contributed by atoms with Crippen molar-refractivity contribution in [2.75, 3.05) is 32.1 Å². The van der Waals surface area contributed by atoms with Gasteiger partial charge in [0.2, 0.25) is 11.8 Å². The highest BCUT2D eigenvalue weighted by Crippen LogP contribution is 2.39. The molecule has 1 aromatic carbocycles. The number of anilines is 1. The molecule has 2 N–H and O–H groups in total. The van der Waals surface area contributed by atoms with Crippen molar-refractivity contribution in [1.82, 2.24) is 4.90 Å². The van der Waals surface area contributed by atoms with Crippen molar-refractivity contribution in [3.8, 4) is 0 Å². The van der Waals surface area contributed by atoms with Crippen molar-refractivity contribution in [3.63, 3.8) is 0 Å². The molecule has 2 atom stereocenters. The van der Waals surface area contributed by atoms with E-state index < -0.39 is 16.6 Å². The second kappa shape index (κ2) is 7.46.